The first kappa shape index (κ1) is 32.6. The average Bonchev–Trinajstić information content (AvgIpc) is 3.65. The Labute approximate surface area is 281 Å². The molecule has 7 rings (SSSR count). The number of piperidine rings is 1. The van der Waals surface area contributed by atoms with Crippen molar-refractivity contribution in [3.63, 3.8) is 0 Å². The van der Waals surface area contributed by atoms with E-state index in [4.69, 9.17) is 0 Å². The summed E-state index contributed by atoms with van der Waals surface area (Å²) in [4.78, 5) is 14.4. The Morgan fingerprint density at radius 2 is 1.74 bits per heavy atom. The Balaban J connectivity index is 0.966. The van der Waals surface area contributed by atoms with Crippen molar-refractivity contribution in [2.75, 3.05) is 57.7 Å². The van der Waals surface area contributed by atoms with E-state index < -0.39 is 12.6 Å². The van der Waals surface area contributed by atoms with Gasteiger partial charge in [-0.05, 0) is 56.0 Å². The Bertz CT molecular complexity index is 1760. The molecule has 6 heterocycles. The first-order chi connectivity index (χ1) is 22.6. The van der Waals surface area contributed by atoms with Gasteiger partial charge in [0.05, 0.1) is 11.8 Å². The molecule has 0 unspecified atom stereocenters. The van der Waals surface area contributed by atoms with E-state index in [2.05, 4.69) is 76.4 Å². The number of anilines is 1. The molecule has 47 heavy (non-hydrogen) atoms. The summed E-state index contributed by atoms with van der Waals surface area (Å²) in [5.74, 6) is 0.611. The highest BCUT2D eigenvalue weighted by atomic mass is 32.2. The van der Waals surface area contributed by atoms with E-state index in [1.807, 2.05) is 12.1 Å². The number of fused-ring (bicyclic) bond motifs is 2. The lowest BCUT2D eigenvalue weighted by Gasteiger charge is -2.37. The molecule has 0 aliphatic carbocycles. The highest BCUT2D eigenvalue weighted by molar-refractivity contribution is 7.94. The van der Waals surface area contributed by atoms with Gasteiger partial charge in [0.1, 0.15) is 28.7 Å². The highest BCUT2D eigenvalue weighted by Gasteiger charge is 2.30. The molecule has 14 heteroatoms. The number of aryl methyl sites for hydroxylation is 1. The normalized spacial score (nSPS) is 19.8. The Kier molecular flexibility index (Phi) is 9.38. The number of nitrogens with zero attached hydrogens (tertiary/aromatic N) is 8. The second-order valence-electron chi connectivity index (χ2n) is 13.0. The number of hydrogen-bond acceptors (Lipinski definition) is 10. The molecular formula is C33H40F3N9S2. The first-order valence-corrected chi connectivity index (χ1v) is 17.9. The van der Waals surface area contributed by atoms with Crippen LogP contribution in [0.15, 0.2) is 30.6 Å². The zero-order valence-corrected chi connectivity index (χ0v) is 28.4. The third-order valence-electron chi connectivity index (χ3n) is 9.64. The fourth-order valence-electron chi connectivity index (χ4n) is 6.85. The molecule has 0 amide bonds. The van der Waals surface area contributed by atoms with Crippen molar-refractivity contribution in [3.05, 3.63) is 52.3 Å². The molecule has 3 aromatic heterocycles. The molecule has 250 valence electrons. The van der Waals surface area contributed by atoms with Crippen molar-refractivity contribution < 1.29 is 13.2 Å². The summed E-state index contributed by atoms with van der Waals surface area (Å²) in [7, 11) is 0. The van der Waals surface area contributed by atoms with E-state index in [9.17, 15) is 18.4 Å². The third kappa shape index (κ3) is 7.55. The van der Waals surface area contributed by atoms with E-state index >= 15 is 0 Å². The molecule has 0 radical (unpaired) electrons. The zero-order chi connectivity index (χ0) is 32.7. The van der Waals surface area contributed by atoms with Crippen molar-refractivity contribution in [1.82, 2.24) is 32.9 Å². The second kappa shape index (κ2) is 13.5. The summed E-state index contributed by atoms with van der Waals surface area (Å²) in [6.07, 6.45) is -1.96. The number of nitrogens with one attached hydrogen (secondary N) is 1. The van der Waals surface area contributed by atoms with Crippen LogP contribution in [0.2, 0.25) is 0 Å². The van der Waals surface area contributed by atoms with Gasteiger partial charge in [-0.1, -0.05) is 6.07 Å². The molecule has 3 aliphatic rings. The molecule has 0 spiro atoms. The molecule has 1 aromatic carbocycles. The van der Waals surface area contributed by atoms with Gasteiger partial charge in [-0.2, -0.15) is 18.4 Å². The van der Waals surface area contributed by atoms with Crippen LogP contribution >= 0.6 is 23.5 Å². The standard InChI is InChI=1S/C33H40F3N9S2/c1-22(42-9-11-43(12-10-42)47-44-13-14-44)19-45-26(18-37)15-28-23(2)24(3-4-30(28)45)20-41-7-5-25(6-8-41)40-31-29-16-27(17-33(34,35)36)46-32(29)39-21-38-31/h3-4,15-16,21-22,25H,5-14,17,19-20H2,1-2H3,(H,38,39,40)/t22-/m0/s1. The van der Waals surface area contributed by atoms with Gasteiger partial charge in [-0.3, -0.25) is 9.80 Å². The molecule has 1 N–H and O–H groups in total. The number of hydrogen-bond donors (Lipinski definition) is 1. The predicted octanol–water partition coefficient (Wildman–Crippen LogP) is 5.89. The van der Waals surface area contributed by atoms with Crippen molar-refractivity contribution in [1.29, 1.82) is 5.26 Å². The third-order valence-corrected chi connectivity index (χ3v) is 11.9. The van der Waals surface area contributed by atoms with E-state index in [0.29, 0.717) is 27.8 Å². The fraction of sp³-hybridized carbons (Fsp3) is 0.545. The molecule has 0 saturated carbocycles. The summed E-state index contributed by atoms with van der Waals surface area (Å²) < 4.78 is 45.9. The quantitative estimate of drug-likeness (QED) is 0.163. The van der Waals surface area contributed by atoms with Gasteiger partial charge >= 0.3 is 6.18 Å². The largest absolute Gasteiger partial charge is 0.393 e. The fourth-order valence-corrected chi connectivity index (χ4v) is 8.77. The number of benzene rings is 1. The molecule has 1 atom stereocenters. The number of rotatable bonds is 10. The van der Waals surface area contributed by atoms with E-state index in [1.54, 1.807) is 6.07 Å². The number of alkyl halides is 3. The van der Waals surface area contributed by atoms with Crippen molar-refractivity contribution in [2.24, 2.45) is 0 Å². The van der Waals surface area contributed by atoms with Crippen LogP contribution < -0.4 is 5.32 Å². The van der Waals surface area contributed by atoms with E-state index in [-0.39, 0.29) is 10.9 Å². The van der Waals surface area contributed by atoms with Gasteiger partial charge in [0.25, 0.3) is 0 Å². The summed E-state index contributed by atoms with van der Waals surface area (Å²) in [6, 6.07) is 11.0. The Morgan fingerprint density at radius 3 is 2.43 bits per heavy atom. The van der Waals surface area contributed by atoms with Gasteiger partial charge < -0.3 is 9.88 Å². The number of thiophene rings is 1. The van der Waals surface area contributed by atoms with E-state index in [0.717, 1.165) is 87.4 Å². The van der Waals surface area contributed by atoms with Gasteiger partial charge in [-0.15, -0.1) is 11.3 Å². The molecule has 3 fully saturated rings. The Hall–Kier alpha value is -2.93. The minimum atomic E-state index is -4.25. The van der Waals surface area contributed by atoms with E-state index in [1.165, 1.54) is 30.5 Å². The zero-order valence-electron chi connectivity index (χ0n) is 26.8. The number of likely N-dealkylation sites (tertiary alicyclic amines) is 1. The molecule has 9 nitrogen and oxygen atoms in total. The topological polar surface area (TPSA) is 79.3 Å². The molecule has 3 aliphatic heterocycles. The van der Waals surface area contributed by atoms with Crippen LogP contribution in [0.4, 0.5) is 19.0 Å². The monoisotopic (exact) mass is 683 g/mol. The van der Waals surface area contributed by atoms with Crippen LogP contribution in [0.1, 0.15) is 41.5 Å². The number of halogens is 3. The number of nitriles is 1. The lowest BCUT2D eigenvalue weighted by molar-refractivity contribution is -0.126. The van der Waals surface area contributed by atoms with Gasteiger partial charge in [0.2, 0.25) is 0 Å². The van der Waals surface area contributed by atoms with Crippen LogP contribution in [0.3, 0.4) is 0 Å². The summed E-state index contributed by atoms with van der Waals surface area (Å²) >= 11 is 2.96. The first-order valence-electron chi connectivity index (χ1n) is 16.4. The minimum absolute atomic E-state index is 0.186. The molecule has 4 aromatic rings. The maximum absolute atomic E-state index is 13.0. The second-order valence-corrected chi connectivity index (χ2v) is 15.3. The van der Waals surface area contributed by atoms with Crippen LogP contribution in [-0.4, -0.2) is 104 Å². The molecule has 3 saturated heterocycles. The van der Waals surface area contributed by atoms with Crippen LogP contribution in [0.5, 0.6) is 0 Å². The minimum Gasteiger partial charge on any atom is -0.367 e. The summed E-state index contributed by atoms with van der Waals surface area (Å²) in [5, 5.41) is 15.4. The van der Waals surface area contributed by atoms with Gasteiger partial charge in [-0.25, -0.2) is 18.6 Å². The van der Waals surface area contributed by atoms with Crippen LogP contribution in [0.25, 0.3) is 21.1 Å². The molecular weight excluding hydrogens is 644 g/mol. The Morgan fingerprint density at radius 1 is 1.02 bits per heavy atom. The average molecular weight is 684 g/mol. The molecule has 0 bridgehead atoms. The van der Waals surface area contributed by atoms with Crippen molar-refractivity contribution >= 4 is 50.4 Å². The van der Waals surface area contributed by atoms with Crippen molar-refractivity contribution in [3.8, 4) is 6.07 Å². The number of aromatic nitrogens is 3. The van der Waals surface area contributed by atoms with Crippen LogP contribution in [0, 0.1) is 18.3 Å². The number of piperazine rings is 1. The lowest BCUT2D eigenvalue weighted by Crippen LogP contribution is -2.48. The van der Waals surface area contributed by atoms with Gasteiger partial charge in [0.15, 0.2) is 0 Å². The van der Waals surface area contributed by atoms with Gasteiger partial charge in [0, 0.05) is 105 Å². The predicted molar refractivity (Wildman–Crippen MR) is 182 cm³/mol. The highest BCUT2D eigenvalue weighted by Crippen LogP contribution is 2.34. The SMILES string of the molecule is Cc1c(CN2CCC(Nc3ncnc4sc(CC(F)(F)F)cc34)CC2)ccc2c1cc(C#N)n2C[C@H](C)N1CCN(SN2CC2)CC1. The smallest absolute Gasteiger partial charge is 0.367 e. The lowest BCUT2D eigenvalue weighted by atomic mass is 10.0. The maximum atomic E-state index is 13.0. The van der Waals surface area contributed by atoms with Crippen LogP contribution in [-0.2, 0) is 19.5 Å². The summed E-state index contributed by atoms with van der Waals surface area (Å²) in [5.41, 5.74) is 4.33. The maximum Gasteiger partial charge on any atom is 0.393 e. The summed E-state index contributed by atoms with van der Waals surface area (Å²) in [6.45, 7) is 14.5. The van der Waals surface area contributed by atoms with Crippen molar-refractivity contribution in [2.45, 2.75) is 64.5 Å².